The van der Waals surface area contributed by atoms with Crippen molar-refractivity contribution in [3.63, 3.8) is 0 Å². The molecular weight excluding hydrogens is 318 g/mol. The fourth-order valence-electron chi connectivity index (χ4n) is 3.19. The molecule has 1 heterocycles. The summed E-state index contributed by atoms with van der Waals surface area (Å²) in [5, 5.41) is 14.6. The number of aliphatic hydroxyl groups excluding tert-OH is 1. The van der Waals surface area contributed by atoms with Crippen LogP contribution >= 0.6 is 0 Å². The molecule has 3 rings (SSSR count). The Morgan fingerprint density at radius 2 is 2.08 bits per heavy atom. The van der Waals surface area contributed by atoms with Gasteiger partial charge in [0.05, 0.1) is 12.6 Å². The van der Waals surface area contributed by atoms with Crippen LogP contribution in [0.25, 0.3) is 0 Å². The smallest absolute Gasteiger partial charge is 0.240 e. The summed E-state index contributed by atoms with van der Waals surface area (Å²) in [5.41, 5.74) is 2.22. The van der Waals surface area contributed by atoms with E-state index in [0.29, 0.717) is 30.8 Å². The van der Waals surface area contributed by atoms with E-state index in [-0.39, 0.29) is 12.1 Å². The van der Waals surface area contributed by atoms with Gasteiger partial charge >= 0.3 is 0 Å². The first kappa shape index (κ1) is 18.0. The number of nitrogens with zero attached hydrogens (tertiary/aromatic N) is 3. The van der Waals surface area contributed by atoms with Gasteiger partial charge in [-0.15, -0.1) is 0 Å². The summed E-state index contributed by atoms with van der Waals surface area (Å²) >= 11 is 0. The molecule has 1 aromatic heterocycles. The Morgan fingerprint density at radius 3 is 2.80 bits per heavy atom. The first-order valence-electron chi connectivity index (χ1n) is 8.86. The van der Waals surface area contributed by atoms with Crippen molar-refractivity contribution >= 4 is 0 Å². The van der Waals surface area contributed by atoms with Gasteiger partial charge in [0, 0.05) is 12.6 Å². The van der Waals surface area contributed by atoms with Gasteiger partial charge in [0.25, 0.3) is 0 Å². The predicted octanol–water partition coefficient (Wildman–Crippen LogP) is 2.89. The minimum Gasteiger partial charge on any atom is -0.387 e. The molecule has 2 aromatic rings. The first-order valence-corrected chi connectivity index (χ1v) is 8.86. The standard InChI is InChI=1S/C19H27N3O3/c1-12(2)11-24-13(3)19-20-17(25-21-19)10-22(4)16-9-14-7-5-6-8-15(14)18(16)23/h5-8,12-13,16,18,23H,9-11H2,1-4H3. The lowest BCUT2D eigenvalue weighted by atomic mass is 10.1. The van der Waals surface area contributed by atoms with E-state index in [4.69, 9.17) is 9.26 Å². The minimum absolute atomic E-state index is 0.0161. The van der Waals surface area contributed by atoms with Crippen molar-refractivity contribution < 1.29 is 14.4 Å². The molecule has 1 aliphatic rings. The van der Waals surface area contributed by atoms with Crippen LogP contribution in [0.5, 0.6) is 0 Å². The molecule has 3 unspecified atom stereocenters. The molecule has 0 saturated heterocycles. The van der Waals surface area contributed by atoms with Crippen LogP contribution in [0.4, 0.5) is 0 Å². The van der Waals surface area contributed by atoms with E-state index < -0.39 is 6.10 Å². The number of hydrogen-bond donors (Lipinski definition) is 1. The summed E-state index contributed by atoms with van der Waals surface area (Å²) in [6.07, 6.45) is 0.145. The summed E-state index contributed by atoms with van der Waals surface area (Å²) in [5.74, 6) is 1.57. The molecule has 136 valence electrons. The third-order valence-electron chi connectivity index (χ3n) is 4.65. The maximum atomic E-state index is 10.6. The van der Waals surface area contributed by atoms with Crippen molar-refractivity contribution in [3.8, 4) is 0 Å². The molecule has 1 N–H and O–H groups in total. The van der Waals surface area contributed by atoms with Crippen LogP contribution < -0.4 is 0 Å². The van der Waals surface area contributed by atoms with E-state index in [9.17, 15) is 5.11 Å². The normalized spacial score (nSPS) is 21.1. The number of likely N-dealkylation sites (N-methyl/N-ethyl adjacent to an activating group) is 1. The lowest BCUT2D eigenvalue weighted by Gasteiger charge is -2.25. The number of hydrogen-bond acceptors (Lipinski definition) is 6. The molecule has 0 aliphatic heterocycles. The first-order chi connectivity index (χ1) is 12.0. The Bertz CT molecular complexity index is 701. The zero-order chi connectivity index (χ0) is 18.0. The fourth-order valence-corrected chi connectivity index (χ4v) is 3.19. The van der Waals surface area contributed by atoms with E-state index >= 15 is 0 Å². The molecule has 3 atom stereocenters. The van der Waals surface area contributed by atoms with Crippen molar-refractivity contribution in [3.05, 3.63) is 47.1 Å². The average molecular weight is 345 g/mol. The molecule has 1 aliphatic carbocycles. The number of aromatic nitrogens is 2. The van der Waals surface area contributed by atoms with Gasteiger partial charge in [0.15, 0.2) is 5.82 Å². The van der Waals surface area contributed by atoms with Crippen LogP contribution in [0, 0.1) is 5.92 Å². The summed E-state index contributed by atoms with van der Waals surface area (Å²) in [6, 6.07) is 8.06. The zero-order valence-electron chi connectivity index (χ0n) is 15.3. The Kier molecular flexibility index (Phi) is 5.51. The van der Waals surface area contributed by atoms with Gasteiger partial charge in [-0.1, -0.05) is 43.3 Å². The Balaban J connectivity index is 1.60. The van der Waals surface area contributed by atoms with E-state index in [1.54, 1.807) is 0 Å². The van der Waals surface area contributed by atoms with E-state index in [1.807, 2.05) is 32.2 Å². The monoisotopic (exact) mass is 345 g/mol. The second kappa shape index (κ2) is 7.64. The number of aliphatic hydroxyl groups is 1. The van der Waals surface area contributed by atoms with Gasteiger partial charge in [-0.25, -0.2) is 0 Å². The van der Waals surface area contributed by atoms with Gasteiger partial charge in [0.1, 0.15) is 6.10 Å². The maximum Gasteiger partial charge on any atom is 0.240 e. The molecule has 1 aromatic carbocycles. The number of benzene rings is 1. The maximum absolute atomic E-state index is 10.6. The molecule has 0 bridgehead atoms. The molecular formula is C19H27N3O3. The van der Waals surface area contributed by atoms with Gasteiger partial charge in [-0.2, -0.15) is 4.98 Å². The third kappa shape index (κ3) is 4.08. The number of rotatable bonds is 7. The summed E-state index contributed by atoms with van der Waals surface area (Å²) in [6.45, 7) is 7.30. The van der Waals surface area contributed by atoms with Crippen molar-refractivity contribution in [2.75, 3.05) is 13.7 Å². The van der Waals surface area contributed by atoms with E-state index in [1.165, 1.54) is 5.56 Å². The second-order valence-corrected chi connectivity index (χ2v) is 7.25. The van der Waals surface area contributed by atoms with Crippen LogP contribution in [-0.4, -0.2) is 39.8 Å². The van der Waals surface area contributed by atoms with Gasteiger partial charge in [-0.3, -0.25) is 4.90 Å². The molecule has 0 fully saturated rings. The average Bonchev–Trinajstić information content (AvgIpc) is 3.18. The lowest BCUT2D eigenvalue weighted by Crippen LogP contribution is -2.34. The fraction of sp³-hybridized carbons (Fsp3) is 0.579. The van der Waals surface area contributed by atoms with Crippen molar-refractivity contribution in [2.45, 2.75) is 52.0 Å². The highest BCUT2D eigenvalue weighted by Gasteiger charge is 2.34. The Hall–Kier alpha value is -1.76. The van der Waals surface area contributed by atoms with E-state index in [2.05, 4.69) is 35.0 Å². The van der Waals surface area contributed by atoms with Gasteiger partial charge in [-0.05, 0) is 37.4 Å². The van der Waals surface area contributed by atoms with Crippen LogP contribution in [0.15, 0.2) is 28.8 Å². The molecule has 6 heteroatoms. The molecule has 0 spiro atoms. The highest BCUT2D eigenvalue weighted by molar-refractivity contribution is 5.35. The van der Waals surface area contributed by atoms with Crippen LogP contribution in [-0.2, 0) is 17.7 Å². The molecule has 0 amide bonds. The summed E-state index contributed by atoms with van der Waals surface area (Å²) < 4.78 is 11.1. The van der Waals surface area contributed by atoms with Crippen LogP contribution in [0.2, 0.25) is 0 Å². The van der Waals surface area contributed by atoms with Crippen molar-refractivity contribution in [1.29, 1.82) is 0 Å². The Morgan fingerprint density at radius 1 is 1.32 bits per heavy atom. The number of ether oxygens (including phenoxy) is 1. The largest absolute Gasteiger partial charge is 0.387 e. The van der Waals surface area contributed by atoms with Crippen molar-refractivity contribution in [2.24, 2.45) is 5.92 Å². The molecule has 25 heavy (non-hydrogen) atoms. The highest BCUT2D eigenvalue weighted by atomic mass is 16.5. The zero-order valence-corrected chi connectivity index (χ0v) is 15.3. The van der Waals surface area contributed by atoms with Crippen LogP contribution in [0.3, 0.4) is 0 Å². The summed E-state index contributed by atoms with van der Waals surface area (Å²) in [4.78, 5) is 6.52. The number of fused-ring (bicyclic) bond motifs is 1. The van der Waals surface area contributed by atoms with Crippen molar-refractivity contribution in [1.82, 2.24) is 15.0 Å². The SMILES string of the molecule is CC(C)COC(C)c1noc(CN(C)C2Cc3ccccc3C2O)n1. The highest BCUT2D eigenvalue weighted by Crippen LogP contribution is 2.34. The second-order valence-electron chi connectivity index (χ2n) is 7.25. The Labute approximate surface area is 148 Å². The minimum atomic E-state index is -0.489. The summed E-state index contributed by atoms with van der Waals surface area (Å²) in [7, 11) is 1.97. The van der Waals surface area contributed by atoms with Gasteiger partial charge in [0.2, 0.25) is 5.89 Å². The molecule has 0 saturated carbocycles. The van der Waals surface area contributed by atoms with E-state index in [0.717, 1.165) is 12.0 Å². The lowest BCUT2D eigenvalue weighted by molar-refractivity contribution is 0.0402. The van der Waals surface area contributed by atoms with Crippen LogP contribution in [0.1, 0.15) is 55.8 Å². The quantitative estimate of drug-likeness (QED) is 0.832. The topological polar surface area (TPSA) is 71.6 Å². The molecule has 6 nitrogen and oxygen atoms in total. The van der Waals surface area contributed by atoms with Gasteiger partial charge < -0.3 is 14.4 Å². The predicted molar refractivity (Wildman–Crippen MR) is 93.9 cm³/mol. The molecule has 0 radical (unpaired) electrons. The third-order valence-corrected chi connectivity index (χ3v) is 4.65.